The number of amidine groups is 1. The third-order valence-electron chi connectivity index (χ3n) is 2.98. The third-order valence-corrected chi connectivity index (χ3v) is 3.89. The fourth-order valence-corrected chi connectivity index (χ4v) is 2.69. The number of carbonyl (C=O) groups is 1. The molecule has 1 fully saturated rings. The Kier molecular flexibility index (Phi) is 3.98. The number of thioether (sulfide) groups is 1. The van der Waals surface area contributed by atoms with E-state index in [1.165, 1.54) is 18.2 Å². The molecule has 2 aromatic rings. The Morgan fingerprint density at radius 2 is 2.00 bits per heavy atom. The smallest absolute Gasteiger partial charge is 0.401 e. The zero-order valence-corrected chi connectivity index (χ0v) is 12.8. The van der Waals surface area contributed by atoms with Gasteiger partial charge in [0.05, 0.1) is 16.7 Å². The van der Waals surface area contributed by atoms with E-state index in [0.29, 0.717) is 10.1 Å². The first-order valence-corrected chi connectivity index (χ1v) is 7.43. The van der Waals surface area contributed by atoms with E-state index < -0.39 is 4.92 Å². The summed E-state index contributed by atoms with van der Waals surface area (Å²) in [5.41, 5.74) is 1.85. The lowest BCUT2D eigenvalue weighted by Gasteiger charge is -1.96. The van der Waals surface area contributed by atoms with E-state index in [1.807, 2.05) is 31.2 Å². The van der Waals surface area contributed by atoms with E-state index in [4.69, 9.17) is 4.42 Å². The summed E-state index contributed by atoms with van der Waals surface area (Å²) in [7, 11) is 0. The van der Waals surface area contributed by atoms with Crippen molar-refractivity contribution in [2.75, 3.05) is 0 Å². The summed E-state index contributed by atoms with van der Waals surface area (Å²) in [5, 5.41) is 13.7. The Labute approximate surface area is 135 Å². The molecule has 1 aromatic heterocycles. The molecule has 0 saturated carbocycles. The summed E-state index contributed by atoms with van der Waals surface area (Å²) < 4.78 is 5.01. The van der Waals surface area contributed by atoms with E-state index in [-0.39, 0.29) is 17.6 Å². The number of nitrogens with zero attached hydrogens (tertiary/aromatic N) is 2. The molecule has 8 heteroatoms. The van der Waals surface area contributed by atoms with Crippen molar-refractivity contribution < 1.29 is 14.1 Å². The number of rotatable bonds is 3. The second kappa shape index (κ2) is 6.09. The topological polar surface area (TPSA) is 97.7 Å². The second-order valence-electron chi connectivity index (χ2n) is 4.75. The first-order chi connectivity index (χ1) is 11.0. The lowest BCUT2D eigenvalue weighted by molar-refractivity contribution is -0.402. The lowest BCUT2D eigenvalue weighted by atomic mass is 10.2. The highest BCUT2D eigenvalue weighted by molar-refractivity contribution is 8.18. The Bertz CT molecular complexity index is 837. The average molecular weight is 329 g/mol. The highest BCUT2D eigenvalue weighted by Crippen LogP contribution is 2.29. The van der Waals surface area contributed by atoms with Gasteiger partial charge in [0.25, 0.3) is 5.91 Å². The molecule has 0 unspecified atom stereocenters. The standard InChI is InChI=1S/C15H11N3O4S/c1-9-2-4-10(5-3-9)16-15-17-14(19)12(23-15)8-11-6-7-13(22-11)18(20)21/h2-8H,1H3,(H,16,17,19)/b12-8+. The zero-order chi connectivity index (χ0) is 16.4. The normalized spacial score (nSPS) is 17.7. The minimum atomic E-state index is -0.631. The second-order valence-corrected chi connectivity index (χ2v) is 5.78. The summed E-state index contributed by atoms with van der Waals surface area (Å²) >= 11 is 1.15. The number of carbonyl (C=O) groups excluding carboxylic acids is 1. The molecular formula is C15H11N3O4S. The highest BCUT2D eigenvalue weighted by Gasteiger charge is 2.24. The molecule has 1 aliphatic rings. The Hall–Kier alpha value is -2.87. The lowest BCUT2D eigenvalue weighted by Crippen LogP contribution is -2.19. The predicted octanol–water partition coefficient (Wildman–Crippen LogP) is 3.39. The molecule has 1 N–H and O–H groups in total. The van der Waals surface area contributed by atoms with Crippen LogP contribution in [0, 0.1) is 17.0 Å². The van der Waals surface area contributed by atoms with Gasteiger partial charge in [-0.3, -0.25) is 14.9 Å². The van der Waals surface area contributed by atoms with Gasteiger partial charge in [-0.2, -0.15) is 0 Å². The number of furan rings is 1. The van der Waals surface area contributed by atoms with Gasteiger partial charge in [0, 0.05) is 6.08 Å². The van der Waals surface area contributed by atoms with Crippen LogP contribution >= 0.6 is 11.8 Å². The maximum absolute atomic E-state index is 11.9. The van der Waals surface area contributed by atoms with Crippen molar-refractivity contribution >= 4 is 40.5 Å². The fourth-order valence-electron chi connectivity index (χ4n) is 1.86. The van der Waals surface area contributed by atoms with Crippen molar-refractivity contribution in [3.8, 4) is 0 Å². The maximum Gasteiger partial charge on any atom is 0.433 e. The first kappa shape index (κ1) is 15.0. The van der Waals surface area contributed by atoms with Crippen LogP contribution in [0.15, 0.2) is 50.7 Å². The quantitative estimate of drug-likeness (QED) is 0.529. The molecule has 1 saturated heterocycles. The van der Waals surface area contributed by atoms with Gasteiger partial charge in [-0.05, 0) is 36.9 Å². The maximum atomic E-state index is 11.9. The Morgan fingerprint density at radius 3 is 2.65 bits per heavy atom. The van der Waals surface area contributed by atoms with E-state index in [2.05, 4.69) is 10.3 Å². The van der Waals surface area contributed by atoms with Crippen molar-refractivity contribution in [2.45, 2.75) is 6.92 Å². The van der Waals surface area contributed by atoms with Crippen LogP contribution in [0.5, 0.6) is 0 Å². The molecule has 2 heterocycles. The van der Waals surface area contributed by atoms with Crippen LogP contribution in [0.2, 0.25) is 0 Å². The number of aryl methyl sites for hydroxylation is 1. The van der Waals surface area contributed by atoms with Crippen molar-refractivity contribution in [3.05, 3.63) is 62.7 Å². The molecule has 1 aliphatic heterocycles. The van der Waals surface area contributed by atoms with Crippen LogP contribution in [0.1, 0.15) is 11.3 Å². The minimum absolute atomic E-state index is 0.242. The van der Waals surface area contributed by atoms with E-state index in [0.717, 1.165) is 23.0 Å². The van der Waals surface area contributed by atoms with Gasteiger partial charge in [0.2, 0.25) is 0 Å². The zero-order valence-electron chi connectivity index (χ0n) is 12.0. The molecule has 7 nitrogen and oxygen atoms in total. The van der Waals surface area contributed by atoms with Crippen LogP contribution < -0.4 is 5.32 Å². The van der Waals surface area contributed by atoms with Gasteiger partial charge in [-0.1, -0.05) is 17.7 Å². The van der Waals surface area contributed by atoms with Gasteiger partial charge < -0.3 is 9.73 Å². The van der Waals surface area contributed by atoms with Crippen LogP contribution in [-0.4, -0.2) is 16.0 Å². The summed E-state index contributed by atoms with van der Waals surface area (Å²) in [6, 6.07) is 10.2. The van der Waals surface area contributed by atoms with Gasteiger partial charge in [0.1, 0.15) is 10.7 Å². The van der Waals surface area contributed by atoms with Crippen molar-refractivity contribution in [2.24, 2.45) is 4.99 Å². The molecule has 0 aliphatic carbocycles. The number of amides is 1. The Balaban J connectivity index is 1.80. The molecule has 1 amide bonds. The molecular weight excluding hydrogens is 318 g/mol. The van der Waals surface area contributed by atoms with Gasteiger partial charge in [-0.15, -0.1) is 0 Å². The largest absolute Gasteiger partial charge is 0.433 e. The molecule has 23 heavy (non-hydrogen) atoms. The molecule has 0 spiro atoms. The summed E-state index contributed by atoms with van der Waals surface area (Å²) in [5.74, 6) is -0.445. The molecule has 3 rings (SSSR count). The predicted molar refractivity (Wildman–Crippen MR) is 87.3 cm³/mol. The fraction of sp³-hybridized carbons (Fsp3) is 0.0667. The highest BCUT2D eigenvalue weighted by atomic mass is 32.2. The van der Waals surface area contributed by atoms with Crippen molar-refractivity contribution in [3.63, 3.8) is 0 Å². The van der Waals surface area contributed by atoms with Crippen LogP contribution in [0.25, 0.3) is 6.08 Å². The SMILES string of the molecule is Cc1ccc(N=C2NC(=O)/C(=C\c3ccc([N+](=O)[O-])o3)S2)cc1. The van der Waals surface area contributed by atoms with Crippen LogP contribution in [0.3, 0.4) is 0 Å². The number of nitro groups is 1. The summed E-state index contributed by atoms with van der Waals surface area (Å²) in [6.07, 6.45) is 1.45. The Morgan fingerprint density at radius 1 is 1.26 bits per heavy atom. The van der Waals surface area contributed by atoms with Crippen LogP contribution in [0.4, 0.5) is 11.6 Å². The molecule has 116 valence electrons. The number of nitrogens with one attached hydrogen (secondary N) is 1. The summed E-state index contributed by atoms with van der Waals surface area (Å²) in [6.45, 7) is 1.98. The van der Waals surface area contributed by atoms with Gasteiger partial charge >= 0.3 is 5.88 Å². The number of hydrogen-bond acceptors (Lipinski definition) is 6. The van der Waals surface area contributed by atoms with Crippen molar-refractivity contribution in [1.82, 2.24) is 5.32 Å². The van der Waals surface area contributed by atoms with E-state index in [9.17, 15) is 14.9 Å². The number of aliphatic imine (C=N–C) groups is 1. The molecule has 1 aromatic carbocycles. The summed E-state index contributed by atoms with van der Waals surface area (Å²) in [4.78, 5) is 26.6. The molecule has 0 radical (unpaired) electrons. The van der Waals surface area contributed by atoms with E-state index in [1.54, 1.807) is 0 Å². The molecule has 0 atom stereocenters. The number of hydrogen-bond donors (Lipinski definition) is 1. The third kappa shape index (κ3) is 3.49. The van der Waals surface area contributed by atoms with E-state index >= 15 is 0 Å². The minimum Gasteiger partial charge on any atom is -0.401 e. The van der Waals surface area contributed by atoms with Gasteiger partial charge in [-0.25, -0.2) is 4.99 Å². The van der Waals surface area contributed by atoms with Gasteiger partial charge in [0.15, 0.2) is 5.17 Å². The number of benzene rings is 1. The van der Waals surface area contributed by atoms with Crippen molar-refractivity contribution in [1.29, 1.82) is 0 Å². The molecule has 0 bridgehead atoms. The average Bonchev–Trinajstić information content (AvgIpc) is 3.10. The monoisotopic (exact) mass is 329 g/mol. The van der Waals surface area contributed by atoms with Crippen LogP contribution in [-0.2, 0) is 4.79 Å². The first-order valence-electron chi connectivity index (χ1n) is 6.62.